The number of sulfone groups is 1. The van der Waals surface area contributed by atoms with Crippen molar-refractivity contribution in [3.63, 3.8) is 0 Å². The number of benzene rings is 4. The summed E-state index contributed by atoms with van der Waals surface area (Å²) in [5, 5.41) is 0. The molecule has 0 heterocycles. The molecular weight excluding hydrogens is 456 g/mol. The van der Waals surface area contributed by atoms with E-state index in [0.29, 0.717) is 11.1 Å². The van der Waals surface area contributed by atoms with Gasteiger partial charge >= 0.3 is 0 Å². The smallest absolute Gasteiger partial charge is 0.212 e. The third kappa shape index (κ3) is 3.68. The lowest BCUT2D eigenvalue weighted by atomic mass is 9.94. The van der Waals surface area contributed by atoms with Gasteiger partial charge in [-0.25, -0.2) is 8.42 Å². The third-order valence-electron chi connectivity index (χ3n) is 6.87. The fraction of sp³-hybridized carbons (Fsp3) is 0.143. The van der Waals surface area contributed by atoms with Crippen LogP contribution >= 0.6 is 0 Å². The number of hydrogen-bond donors (Lipinski definition) is 4. The highest BCUT2D eigenvalue weighted by Crippen LogP contribution is 2.48. The lowest BCUT2D eigenvalue weighted by molar-refractivity contribution is 0.597. The molecule has 0 saturated carbocycles. The first-order valence-electron chi connectivity index (χ1n) is 11.2. The molecular formula is C28H30N4O2S. The van der Waals surface area contributed by atoms with Gasteiger partial charge in [0.25, 0.3) is 0 Å². The number of nitrogens with two attached hydrogens (primary N) is 4. The Labute approximate surface area is 206 Å². The van der Waals surface area contributed by atoms with E-state index in [2.05, 4.69) is 0 Å². The summed E-state index contributed by atoms with van der Waals surface area (Å²) in [6, 6.07) is 18.6. The molecule has 0 atom stereocenters. The topological polar surface area (TPSA) is 138 Å². The molecule has 0 aliphatic heterocycles. The molecule has 0 radical (unpaired) electrons. The van der Waals surface area contributed by atoms with Crippen LogP contribution in [0.4, 0.5) is 22.7 Å². The predicted octanol–water partition coefficient (Wildman–Crippen LogP) is 5.42. The minimum Gasteiger partial charge on any atom is -0.397 e. The highest BCUT2D eigenvalue weighted by atomic mass is 32.2. The molecule has 6 nitrogen and oxygen atoms in total. The first-order chi connectivity index (χ1) is 16.5. The number of nitrogen functional groups attached to an aromatic ring is 4. The fourth-order valence-corrected chi connectivity index (χ4v) is 6.69. The van der Waals surface area contributed by atoms with Crippen molar-refractivity contribution >= 4 is 32.6 Å². The van der Waals surface area contributed by atoms with E-state index < -0.39 is 9.84 Å². The van der Waals surface area contributed by atoms with Crippen molar-refractivity contribution in [2.45, 2.75) is 37.5 Å². The van der Waals surface area contributed by atoms with Crippen molar-refractivity contribution in [1.82, 2.24) is 0 Å². The third-order valence-corrected chi connectivity index (χ3v) is 8.79. The molecule has 0 bridgehead atoms. The number of rotatable bonds is 4. The second-order valence-corrected chi connectivity index (χ2v) is 10.6. The molecule has 0 saturated heterocycles. The first-order valence-corrected chi connectivity index (χ1v) is 12.7. The van der Waals surface area contributed by atoms with Gasteiger partial charge < -0.3 is 22.9 Å². The van der Waals surface area contributed by atoms with E-state index in [-0.39, 0.29) is 32.5 Å². The minimum atomic E-state index is -4.29. The average molecular weight is 487 g/mol. The standard InChI is InChI=1S/C28H30N4O2S/c1-15-17(3)23(29)25(31)27(21(15)19-11-7-5-8-12-19)35(33,34)28-22(20-13-9-6-10-14-20)16(2)18(4)24(30)26(28)32/h5-14H,29-32H2,1-4H3. The SMILES string of the molecule is Cc1c(C)c(-c2ccccc2)c(S(=O)(=O)c2c(N)c(N)c(C)c(C)c2-c2ccccc2)c(N)c1N. The lowest BCUT2D eigenvalue weighted by Crippen LogP contribution is -2.16. The van der Waals surface area contributed by atoms with Gasteiger partial charge in [-0.2, -0.15) is 0 Å². The predicted molar refractivity (Wildman–Crippen MR) is 146 cm³/mol. The van der Waals surface area contributed by atoms with E-state index >= 15 is 0 Å². The van der Waals surface area contributed by atoms with Crippen molar-refractivity contribution in [2.75, 3.05) is 22.9 Å². The molecule has 0 spiro atoms. The Morgan fingerprint density at radius 1 is 0.486 bits per heavy atom. The summed E-state index contributed by atoms with van der Waals surface area (Å²) < 4.78 is 29.2. The van der Waals surface area contributed by atoms with Gasteiger partial charge in [-0.05, 0) is 61.1 Å². The van der Waals surface area contributed by atoms with Crippen molar-refractivity contribution < 1.29 is 8.42 Å². The Kier molecular flexibility index (Phi) is 5.99. The van der Waals surface area contributed by atoms with Crippen LogP contribution in [0.25, 0.3) is 22.3 Å². The molecule has 0 unspecified atom stereocenters. The van der Waals surface area contributed by atoms with Gasteiger partial charge in [-0.15, -0.1) is 0 Å². The van der Waals surface area contributed by atoms with Crippen LogP contribution in [-0.4, -0.2) is 8.42 Å². The van der Waals surface area contributed by atoms with Gasteiger partial charge in [0.1, 0.15) is 9.79 Å². The van der Waals surface area contributed by atoms with Crippen LogP contribution in [0.2, 0.25) is 0 Å². The van der Waals surface area contributed by atoms with Crippen LogP contribution in [0, 0.1) is 27.7 Å². The van der Waals surface area contributed by atoms with Crippen molar-refractivity contribution in [3.05, 3.63) is 82.9 Å². The van der Waals surface area contributed by atoms with Crippen LogP contribution in [0.15, 0.2) is 70.5 Å². The molecule has 4 rings (SSSR count). The maximum Gasteiger partial charge on any atom is 0.212 e. The quantitative estimate of drug-likeness (QED) is 0.284. The molecule has 8 N–H and O–H groups in total. The highest BCUT2D eigenvalue weighted by Gasteiger charge is 2.34. The van der Waals surface area contributed by atoms with Gasteiger partial charge in [-0.3, -0.25) is 0 Å². The zero-order valence-electron chi connectivity index (χ0n) is 20.3. The summed E-state index contributed by atoms with van der Waals surface area (Å²) in [5.74, 6) is 0. The van der Waals surface area contributed by atoms with E-state index in [1.54, 1.807) is 0 Å². The molecule has 7 heteroatoms. The van der Waals surface area contributed by atoms with E-state index in [4.69, 9.17) is 22.9 Å². The Bertz CT molecular complexity index is 1450. The molecule has 4 aromatic rings. The molecule has 0 amide bonds. The second-order valence-electron chi connectivity index (χ2n) is 8.80. The molecule has 0 aliphatic rings. The monoisotopic (exact) mass is 486 g/mol. The average Bonchev–Trinajstić information content (AvgIpc) is 2.86. The summed E-state index contributed by atoms with van der Waals surface area (Å²) in [4.78, 5) is -0.119. The normalized spacial score (nSPS) is 11.5. The van der Waals surface area contributed by atoms with E-state index in [1.165, 1.54) is 0 Å². The second kappa shape index (κ2) is 8.67. The summed E-state index contributed by atoms with van der Waals surface area (Å²) in [7, 11) is -4.29. The fourth-order valence-electron chi connectivity index (χ4n) is 4.60. The molecule has 0 aromatic heterocycles. The van der Waals surface area contributed by atoms with Gasteiger partial charge in [0.05, 0.1) is 22.7 Å². The van der Waals surface area contributed by atoms with Crippen molar-refractivity contribution in [2.24, 2.45) is 0 Å². The maximum absolute atomic E-state index is 14.6. The Morgan fingerprint density at radius 2 is 0.800 bits per heavy atom. The Hall–Kier alpha value is -3.97. The number of hydrogen-bond acceptors (Lipinski definition) is 6. The van der Waals surface area contributed by atoms with Gasteiger partial charge in [-0.1, -0.05) is 60.7 Å². The van der Waals surface area contributed by atoms with Crippen LogP contribution in [0.5, 0.6) is 0 Å². The summed E-state index contributed by atoms with van der Waals surface area (Å²) >= 11 is 0. The van der Waals surface area contributed by atoms with Gasteiger partial charge in [0.2, 0.25) is 9.84 Å². The van der Waals surface area contributed by atoms with Gasteiger partial charge in [0.15, 0.2) is 0 Å². The van der Waals surface area contributed by atoms with E-state index in [9.17, 15) is 8.42 Å². The minimum absolute atomic E-state index is 0.00200. The van der Waals surface area contributed by atoms with Crippen LogP contribution in [0.1, 0.15) is 22.3 Å². The van der Waals surface area contributed by atoms with Crippen LogP contribution in [0.3, 0.4) is 0 Å². The van der Waals surface area contributed by atoms with Crippen molar-refractivity contribution in [3.8, 4) is 22.3 Å². The molecule has 35 heavy (non-hydrogen) atoms. The summed E-state index contributed by atoms with van der Waals surface area (Å²) in [5.41, 5.74) is 31.5. The van der Waals surface area contributed by atoms with E-state index in [0.717, 1.165) is 33.4 Å². The van der Waals surface area contributed by atoms with Crippen LogP contribution in [-0.2, 0) is 9.84 Å². The molecule has 0 fully saturated rings. The zero-order chi connectivity index (χ0) is 25.7. The Balaban J connectivity index is 2.22. The Morgan fingerprint density at radius 3 is 1.11 bits per heavy atom. The van der Waals surface area contributed by atoms with Crippen LogP contribution < -0.4 is 22.9 Å². The number of anilines is 4. The molecule has 180 valence electrons. The zero-order valence-corrected chi connectivity index (χ0v) is 21.1. The summed E-state index contributed by atoms with van der Waals surface area (Å²) in [6.07, 6.45) is 0. The highest BCUT2D eigenvalue weighted by molar-refractivity contribution is 7.92. The van der Waals surface area contributed by atoms with E-state index in [1.807, 2.05) is 88.4 Å². The van der Waals surface area contributed by atoms with Crippen molar-refractivity contribution in [1.29, 1.82) is 0 Å². The maximum atomic E-state index is 14.6. The largest absolute Gasteiger partial charge is 0.397 e. The molecule has 0 aliphatic carbocycles. The first kappa shape index (κ1) is 24.2. The summed E-state index contributed by atoms with van der Waals surface area (Å²) in [6.45, 7) is 7.37. The lowest BCUT2D eigenvalue weighted by Gasteiger charge is -2.24. The molecule has 4 aromatic carbocycles. The van der Waals surface area contributed by atoms with Gasteiger partial charge in [0, 0.05) is 11.1 Å².